The Morgan fingerprint density at radius 2 is 2.10 bits per heavy atom. The standard InChI is InChI=1S/C15H12BrN3O/c16-9-1-4-13-12(7-9)18-15(19(13)10-2-3-10)11-5-6-17-8-14(11)20/h1,4-8,10,20H,2-3H2. The molecule has 0 atom stereocenters. The lowest BCUT2D eigenvalue weighted by Gasteiger charge is -2.08. The van der Waals surface area contributed by atoms with Crippen LogP contribution >= 0.6 is 15.9 Å². The van der Waals surface area contributed by atoms with Crippen LogP contribution in [0.25, 0.3) is 22.4 Å². The van der Waals surface area contributed by atoms with Gasteiger partial charge < -0.3 is 9.67 Å². The Labute approximate surface area is 124 Å². The normalized spacial score (nSPS) is 14.8. The zero-order chi connectivity index (χ0) is 13.7. The quantitative estimate of drug-likeness (QED) is 0.775. The molecule has 1 N–H and O–H groups in total. The van der Waals surface area contributed by atoms with Crippen LogP contribution in [0.2, 0.25) is 0 Å². The molecule has 0 spiro atoms. The second-order valence-electron chi connectivity index (χ2n) is 5.06. The van der Waals surface area contributed by atoms with Crippen molar-refractivity contribution >= 4 is 27.0 Å². The van der Waals surface area contributed by atoms with Crippen molar-refractivity contribution in [3.8, 4) is 17.1 Å². The molecule has 0 radical (unpaired) electrons. The average molecular weight is 330 g/mol. The third kappa shape index (κ3) is 1.81. The van der Waals surface area contributed by atoms with Gasteiger partial charge in [-0.05, 0) is 37.1 Å². The third-order valence-electron chi connectivity index (χ3n) is 3.60. The Hall–Kier alpha value is -1.88. The molecule has 20 heavy (non-hydrogen) atoms. The van der Waals surface area contributed by atoms with Gasteiger partial charge in [0.15, 0.2) is 0 Å². The number of hydrogen-bond acceptors (Lipinski definition) is 3. The van der Waals surface area contributed by atoms with E-state index in [-0.39, 0.29) is 5.75 Å². The lowest BCUT2D eigenvalue weighted by Crippen LogP contribution is -1.97. The van der Waals surface area contributed by atoms with Gasteiger partial charge in [-0.15, -0.1) is 0 Å². The molecule has 1 fully saturated rings. The van der Waals surface area contributed by atoms with Gasteiger partial charge in [-0.25, -0.2) is 4.98 Å². The molecule has 0 saturated heterocycles. The second kappa shape index (κ2) is 4.31. The largest absolute Gasteiger partial charge is 0.506 e. The van der Waals surface area contributed by atoms with Crippen LogP contribution < -0.4 is 0 Å². The van der Waals surface area contributed by atoms with Gasteiger partial charge in [-0.2, -0.15) is 0 Å². The summed E-state index contributed by atoms with van der Waals surface area (Å²) in [6, 6.07) is 8.41. The lowest BCUT2D eigenvalue weighted by atomic mass is 10.2. The molecule has 0 unspecified atom stereocenters. The van der Waals surface area contributed by atoms with Crippen LogP contribution in [0.4, 0.5) is 0 Å². The van der Waals surface area contributed by atoms with E-state index >= 15 is 0 Å². The van der Waals surface area contributed by atoms with Gasteiger partial charge in [0.2, 0.25) is 0 Å². The number of rotatable bonds is 2. The van der Waals surface area contributed by atoms with Crippen molar-refractivity contribution in [2.24, 2.45) is 0 Å². The van der Waals surface area contributed by atoms with Crippen LogP contribution in [-0.4, -0.2) is 19.6 Å². The topological polar surface area (TPSA) is 50.9 Å². The molecule has 2 heterocycles. The fraction of sp³-hybridized carbons (Fsp3) is 0.200. The minimum Gasteiger partial charge on any atom is -0.506 e. The zero-order valence-electron chi connectivity index (χ0n) is 10.6. The van der Waals surface area contributed by atoms with E-state index in [1.807, 2.05) is 18.2 Å². The number of benzene rings is 1. The van der Waals surface area contributed by atoms with Crippen molar-refractivity contribution in [3.05, 3.63) is 41.1 Å². The summed E-state index contributed by atoms with van der Waals surface area (Å²) < 4.78 is 3.24. The molecule has 0 aliphatic heterocycles. The number of nitrogens with zero attached hydrogens (tertiary/aromatic N) is 3. The molecule has 1 saturated carbocycles. The molecule has 1 aromatic carbocycles. The molecule has 1 aliphatic rings. The van der Waals surface area contributed by atoms with E-state index in [2.05, 4.69) is 31.5 Å². The molecule has 4 nitrogen and oxygen atoms in total. The van der Waals surface area contributed by atoms with Gasteiger partial charge in [-0.3, -0.25) is 4.98 Å². The van der Waals surface area contributed by atoms with Crippen molar-refractivity contribution in [1.29, 1.82) is 0 Å². The van der Waals surface area contributed by atoms with Gasteiger partial charge in [0.1, 0.15) is 11.6 Å². The van der Waals surface area contributed by atoms with Crippen LogP contribution in [0, 0.1) is 0 Å². The Kier molecular flexibility index (Phi) is 2.57. The Morgan fingerprint density at radius 1 is 1.25 bits per heavy atom. The van der Waals surface area contributed by atoms with Crippen LogP contribution in [0.3, 0.4) is 0 Å². The zero-order valence-corrected chi connectivity index (χ0v) is 12.2. The van der Waals surface area contributed by atoms with Gasteiger partial charge in [0.05, 0.1) is 22.8 Å². The summed E-state index contributed by atoms with van der Waals surface area (Å²) in [7, 11) is 0. The van der Waals surface area contributed by atoms with Crippen LogP contribution in [0.5, 0.6) is 5.75 Å². The first-order valence-corrected chi connectivity index (χ1v) is 7.34. The maximum absolute atomic E-state index is 10.0. The Balaban J connectivity index is 2.03. The predicted molar refractivity (Wildman–Crippen MR) is 80.6 cm³/mol. The monoisotopic (exact) mass is 329 g/mol. The van der Waals surface area contributed by atoms with Crippen LogP contribution in [0.1, 0.15) is 18.9 Å². The van der Waals surface area contributed by atoms with E-state index in [4.69, 9.17) is 4.98 Å². The molecular formula is C15H12BrN3O. The fourth-order valence-corrected chi connectivity index (χ4v) is 2.89. The molecule has 1 aliphatic carbocycles. The SMILES string of the molecule is Oc1cnccc1-c1nc2cc(Br)ccc2n1C1CC1. The summed E-state index contributed by atoms with van der Waals surface area (Å²) in [6.07, 6.45) is 5.48. The average Bonchev–Trinajstić information content (AvgIpc) is 3.20. The highest BCUT2D eigenvalue weighted by atomic mass is 79.9. The van der Waals surface area contributed by atoms with E-state index in [9.17, 15) is 5.11 Å². The Bertz CT molecular complexity index is 808. The van der Waals surface area contributed by atoms with Gasteiger partial charge >= 0.3 is 0 Å². The predicted octanol–water partition coefficient (Wildman–Crippen LogP) is 3.90. The van der Waals surface area contributed by atoms with Crippen molar-refractivity contribution in [2.75, 3.05) is 0 Å². The second-order valence-corrected chi connectivity index (χ2v) is 5.98. The molecule has 3 aromatic rings. The van der Waals surface area contributed by atoms with Crippen LogP contribution in [0.15, 0.2) is 41.1 Å². The summed E-state index contributed by atoms with van der Waals surface area (Å²) in [5.41, 5.74) is 2.79. The molecule has 100 valence electrons. The van der Waals surface area contributed by atoms with E-state index < -0.39 is 0 Å². The number of aromatic nitrogens is 3. The molecule has 2 aromatic heterocycles. The molecular weight excluding hydrogens is 318 g/mol. The van der Waals surface area contributed by atoms with E-state index in [1.54, 1.807) is 6.20 Å². The third-order valence-corrected chi connectivity index (χ3v) is 4.10. The minimum atomic E-state index is 0.170. The van der Waals surface area contributed by atoms with E-state index in [0.717, 1.165) is 26.9 Å². The van der Waals surface area contributed by atoms with Gasteiger partial charge in [0.25, 0.3) is 0 Å². The van der Waals surface area contributed by atoms with Crippen molar-refractivity contribution in [2.45, 2.75) is 18.9 Å². The number of fused-ring (bicyclic) bond motifs is 1. The van der Waals surface area contributed by atoms with E-state index in [0.29, 0.717) is 6.04 Å². The smallest absolute Gasteiger partial charge is 0.145 e. The fourth-order valence-electron chi connectivity index (χ4n) is 2.54. The summed E-state index contributed by atoms with van der Waals surface area (Å²) >= 11 is 3.48. The highest BCUT2D eigenvalue weighted by Crippen LogP contribution is 2.42. The number of halogens is 1. The summed E-state index contributed by atoms with van der Waals surface area (Å²) in [5.74, 6) is 0.990. The summed E-state index contributed by atoms with van der Waals surface area (Å²) in [4.78, 5) is 8.65. The van der Waals surface area contributed by atoms with E-state index in [1.165, 1.54) is 19.0 Å². The first-order chi connectivity index (χ1) is 9.74. The van der Waals surface area contributed by atoms with Gasteiger partial charge in [-0.1, -0.05) is 15.9 Å². The molecule has 5 heteroatoms. The maximum atomic E-state index is 10.0. The van der Waals surface area contributed by atoms with Gasteiger partial charge in [0, 0.05) is 16.7 Å². The Morgan fingerprint density at radius 3 is 2.85 bits per heavy atom. The number of pyridine rings is 1. The lowest BCUT2D eigenvalue weighted by molar-refractivity contribution is 0.474. The number of aromatic hydroxyl groups is 1. The first kappa shape index (κ1) is 11.9. The summed E-state index contributed by atoms with van der Waals surface area (Å²) in [6.45, 7) is 0. The van der Waals surface area contributed by atoms with Crippen LogP contribution in [-0.2, 0) is 0 Å². The molecule has 0 bridgehead atoms. The molecule has 0 amide bonds. The minimum absolute atomic E-state index is 0.170. The number of imidazole rings is 1. The van der Waals surface area contributed by atoms with Crippen molar-refractivity contribution in [1.82, 2.24) is 14.5 Å². The highest BCUT2D eigenvalue weighted by Gasteiger charge is 2.29. The van der Waals surface area contributed by atoms with Crippen molar-refractivity contribution in [3.63, 3.8) is 0 Å². The maximum Gasteiger partial charge on any atom is 0.145 e. The number of hydrogen-bond donors (Lipinski definition) is 1. The highest BCUT2D eigenvalue weighted by molar-refractivity contribution is 9.10. The molecule has 4 rings (SSSR count). The summed E-state index contributed by atoms with van der Waals surface area (Å²) in [5, 5.41) is 10.0. The first-order valence-electron chi connectivity index (χ1n) is 6.55. The van der Waals surface area contributed by atoms with Crippen molar-refractivity contribution < 1.29 is 5.11 Å².